The van der Waals surface area contributed by atoms with Gasteiger partial charge in [0.05, 0.1) is 45.3 Å². The first-order chi connectivity index (χ1) is 18.1. The minimum absolute atomic E-state index is 0.0362. The van der Waals surface area contributed by atoms with E-state index in [1.165, 1.54) is 0 Å². The minimum Gasteiger partial charge on any atom is -0.493 e. The van der Waals surface area contributed by atoms with Crippen molar-refractivity contribution in [3.8, 4) is 23.0 Å². The van der Waals surface area contributed by atoms with Gasteiger partial charge in [-0.1, -0.05) is 30.3 Å². The number of aromatic nitrogens is 2. The monoisotopic (exact) mass is 503 g/mol. The van der Waals surface area contributed by atoms with Crippen molar-refractivity contribution in [2.75, 3.05) is 34.5 Å². The summed E-state index contributed by atoms with van der Waals surface area (Å²) in [7, 11) is 4.81. The molecular formula is C29H33N3O5. The number of nitrogens with one attached hydrogen (secondary N) is 1. The molecule has 0 aliphatic carbocycles. The number of para-hydroxylation sites is 4. The van der Waals surface area contributed by atoms with E-state index in [1.54, 1.807) is 21.3 Å². The van der Waals surface area contributed by atoms with Crippen LogP contribution in [0.3, 0.4) is 0 Å². The van der Waals surface area contributed by atoms with Crippen LogP contribution in [0.5, 0.6) is 23.0 Å². The van der Waals surface area contributed by atoms with Crippen LogP contribution in [0, 0.1) is 0 Å². The van der Waals surface area contributed by atoms with Gasteiger partial charge in [-0.05, 0) is 48.4 Å². The molecule has 1 aromatic heterocycles. The van der Waals surface area contributed by atoms with Crippen molar-refractivity contribution in [2.45, 2.75) is 25.8 Å². The maximum Gasteiger partial charge on any atom is 0.224 e. The summed E-state index contributed by atoms with van der Waals surface area (Å²) < 4.78 is 24.2. The summed E-state index contributed by atoms with van der Waals surface area (Å²) in [5.41, 5.74) is 2.89. The van der Waals surface area contributed by atoms with Gasteiger partial charge in [-0.2, -0.15) is 0 Å². The molecule has 1 heterocycles. The summed E-state index contributed by atoms with van der Waals surface area (Å²) in [5.74, 6) is 3.62. The predicted molar refractivity (Wildman–Crippen MR) is 143 cm³/mol. The molecule has 0 fully saturated rings. The van der Waals surface area contributed by atoms with Gasteiger partial charge in [0.25, 0.3) is 0 Å². The molecule has 0 aliphatic heterocycles. The van der Waals surface area contributed by atoms with E-state index in [2.05, 4.69) is 16.0 Å². The highest BCUT2D eigenvalue weighted by atomic mass is 16.5. The number of carbonyl (C=O) groups excluding carboxylic acids is 1. The van der Waals surface area contributed by atoms with E-state index in [9.17, 15) is 4.79 Å². The second-order valence-corrected chi connectivity index (χ2v) is 8.49. The second-order valence-electron chi connectivity index (χ2n) is 8.49. The first-order valence-electron chi connectivity index (χ1n) is 12.3. The number of hydrogen-bond acceptors (Lipinski definition) is 6. The lowest BCUT2D eigenvalue weighted by molar-refractivity contribution is -0.120. The van der Waals surface area contributed by atoms with Crippen LogP contribution in [0.25, 0.3) is 11.0 Å². The van der Waals surface area contributed by atoms with Gasteiger partial charge in [-0.25, -0.2) is 4.98 Å². The topological polar surface area (TPSA) is 83.8 Å². The van der Waals surface area contributed by atoms with E-state index in [0.29, 0.717) is 42.7 Å². The van der Waals surface area contributed by atoms with Gasteiger partial charge in [-0.15, -0.1) is 0 Å². The number of benzene rings is 3. The maximum atomic E-state index is 12.5. The third kappa shape index (κ3) is 6.52. The van der Waals surface area contributed by atoms with Gasteiger partial charge in [-0.3, -0.25) is 4.79 Å². The molecule has 0 saturated carbocycles. The number of amides is 1. The molecule has 8 nitrogen and oxygen atoms in total. The van der Waals surface area contributed by atoms with E-state index in [1.807, 2.05) is 60.7 Å². The zero-order valence-electron chi connectivity index (χ0n) is 21.5. The Balaban J connectivity index is 1.32. The van der Waals surface area contributed by atoms with Gasteiger partial charge in [0, 0.05) is 13.0 Å². The fourth-order valence-electron chi connectivity index (χ4n) is 4.26. The maximum absolute atomic E-state index is 12.5. The third-order valence-corrected chi connectivity index (χ3v) is 6.09. The highest BCUT2D eigenvalue weighted by molar-refractivity contribution is 5.79. The molecular weight excluding hydrogens is 470 g/mol. The average molecular weight is 504 g/mol. The van der Waals surface area contributed by atoms with Crippen LogP contribution in [-0.2, 0) is 24.2 Å². The van der Waals surface area contributed by atoms with Crippen molar-refractivity contribution in [1.82, 2.24) is 14.9 Å². The van der Waals surface area contributed by atoms with Gasteiger partial charge in [0.1, 0.15) is 12.4 Å². The standard InChI is InChI=1S/C29H33N3O5/c1-34-24-11-6-7-12-26(24)37-18-17-32-23-10-5-4-9-22(23)31-28(32)13-8-16-30-29(33)20-21-14-15-25(35-2)27(19-21)36-3/h4-7,9-12,14-15,19H,8,13,16-18,20H2,1-3H3,(H,30,33). The van der Waals surface area contributed by atoms with Crippen molar-refractivity contribution in [2.24, 2.45) is 0 Å². The Kier molecular flexibility index (Phi) is 8.86. The number of fused-ring (bicyclic) bond motifs is 1. The van der Waals surface area contributed by atoms with Gasteiger partial charge in [0.15, 0.2) is 23.0 Å². The largest absolute Gasteiger partial charge is 0.493 e. The molecule has 1 amide bonds. The van der Waals surface area contributed by atoms with Crippen LogP contribution < -0.4 is 24.3 Å². The fourth-order valence-corrected chi connectivity index (χ4v) is 4.26. The molecule has 0 bridgehead atoms. The summed E-state index contributed by atoms with van der Waals surface area (Å²) in [6, 6.07) is 21.2. The summed E-state index contributed by atoms with van der Waals surface area (Å²) in [4.78, 5) is 17.3. The fraction of sp³-hybridized carbons (Fsp3) is 0.310. The molecule has 0 radical (unpaired) electrons. The molecule has 4 rings (SSSR count). The lowest BCUT2D eigenvalue weighted by Gasteiger charge is -2.13. The van der Waals surface area contributed by atoms with Crippen molar-refractivity contribution < 1.29 is 23.7 Å². The molecule has 0 spiro atoms. The minimum atomic E-state index is -0.0362. The summed E-state index contributed by atoms with van der Waals surface area (Å²) in [6.07, 6.45) is 1.79. The first-order valence-corrected chi connectivity index (χ1v) is 12.3. The SMILES string of the molecule is COc1ccc(CC(=O)NCCCc2nc3ccccc3n2CCOc2ccccc2OC)cc1OC. The summed E-state index contributed by atoms with van der Waals surface area (Å²) in [5, 5.41) is 3.01. The Hall–Kier alpha value is -4.20. The molecule has 0 saturated heterocycles. The quantitative estimate of drug-likeness (QED) is 0.272. The number of aryl methyl sites for hydroxylation is 1. The van der Waals surface area contributed by atoms with Crippen LogP contribution in [0.1, 0.15) is 17.8 Å². The number of nitrogens with zero attached hydrogens (tertiary/aromatic N) is 2. The van der Waals surface area contributed by atoms with Gasteiger partial charge in [0.2, 0.25) is 5.91 Å². The lowest BCUT2D eigenvalue weighted by Crippen LogP contribution is -2.26. The van der Waals surface area contributed by atoms with Crippen molar-refractivity contribution in [1.29, 1.82) is 0 Å². The molecule has 194 valence electrons. The van der Waals surface area contributed by atoms with Crippen LogP contribution in [0.2, 0.25) is 0 Å². The molecule has 4 aromatic rings. The summed E-state index contributed by atoms with van der Waals surface area (Å²) >= 11 is 0. The Morgan fingerprint density at radius 2 is 1.57 bits per heavy atom. The molecule has 8 heteroatoms. The van der Waals surface area contributed by atoms with Gasteiger partial charge >= 0.3 is 0 Å². The molecule has 0 unspecified atom stereocenters. The normalized spacial score (nSPS) is 10.8. The van der Waals surface area contributed by atoms with Gasteiger partial charge < -0.3 is 28.8 Å². The Morgan fingerprint density at radius 1 is 0.865 bits per heavy atom. The highest BCUT2D eigenvalue weighted by Crippen LogP contribution is 2.28. The number of imidazole rings is 1. The number of methoxy groups -OCH3 is 3. The van der Waals surface area contributed by atoms with Crippen LogP contribution in [0.15, 0.2) is 66.7 Å². The third-order valence-electron chi connectivity index (χ3n) is 6.09. The number of rotatable bonds is 13. The molecule has 0 atom stereocenters. The average Bonchev–Trinajstić information content (AvgIpc) is 3.28. The van der Waals surface area contributed by atoms with Crippen LogP contribution in [-0.4, -0.2) is 49.9 Å². The number of ether oxygens (including phenoxy) is 4. The van der Waals surface area contributed by atoms with E-state index in [-0.39, 0.29) is 12.3 Å². The molecule has 0 aliphatic rings. The molecule has 3 aromatic carbocycles. The zero-order chi connectivity index (χ0) is 26.0. The first kappa shape index (κ1) is 25.9. The van der Waals surface area contributed by atoms with Crippen molar-refractivity contribution in [3.05, 3.63) is 78.1 Å². The van der Waals surface area contributed by atoms with E-state index < -0.39 is 0 Å². The predicted octanol–water partition coefficient (Wildman–Crippen LogP) is 4.43. The smallest absolute Gasteiger partial charge is 0.224 e. The van der Waals surface area contributed by atoms with E-state index in [4.69, 9.17) is 23.9 Å². The Labute approximate surface area is 217 Å². The highest BCUT2D eigenvalue weighted by Gasteiger charge is 2.12. The Bertz CT molecular complexity index is 1330. The molecule has 37 heavy (non-hydrogen) atoms. The van der Waals surface area contributed by atoms with Crippen LogP contribution in [0.4, 0.5) is 0 Å². The summed E-state index contributed by atoms with van der Waals surface area (Å²) in [6.45, 7) is 1.70. The number of carbonyl (C=O) groups is 1. The van der Waals surface area contributed by atoms with E-state index >= 15 is 0 Å². The van der Waals surface area contributed by atoms with Crippen LogP contribution >= 0.6 is 0 Å². The molecule has 1 N–H and O–H groups in total. The van der Waals surface area contributed by atoms with Crippen molar-refractivity contribution >= 4 is 16.9 Å². The van der Waals surface area contributed by atoms with E-state index in [0.717, 1.165) is 35.3 Å². The van der Waals surface area contributed by atoms with Crippen molar-refractivity contribution in [3.63, 3.8) is 0 Å². The number of hydrogen-bond donors (Lipinski definition) is 1. The lowest BCUT2D eigenvalue weighted by atomic mass is 10.1. The zero-order valence-corrected chi connectivity index (χ0v) is 21.5. The Morgan fingerprint density at radius 3 is 2.35 bits per heavy atom. The second kappa shape index (κ2) is 12.7.